The average Bonchev–Trinajstić information content (AvgIpc) is 2.65. The van der Waals surface area contributed by atoms with Crippen LogP contribution in [0.2, 0.25) is 23.2 Å². The molecule has 0 aliphatic heterocycles. The lowest BCUT2D eigenvalue weighted by Crippen LogP contribution is -2.37. The normalized spacial score (nSPS) is 13.0. The second kappa shape index (κ2) is 10.3. The van der Waals surface area contributed by atoms with Crippen LogP contribution in [0.15, 0.2) is 42.5 Å². The second-order valence-electron chi connectivity index (χ2n) is 7.04. The highest BCUT2D eigenvalue weighted by Gasteiger charge is 2.33. The van der Waals surface area contributed by atoms with Crippen LogP contribution < -0.4 is 0 Å². The van der Waals surface area contributed by atoms with Gasteiger partial charge in [-0.2, -0.15) is 0 Å². The third-order valence-electron chi connectivity index (χ3n) is 5.43. The lowest BCUT2D eigenvalue weighted by molar-refractivity contribution is 0.176. The average molecular weight is 411 g/mol. The van der Waals surface area contributed by atoms with Crippen molar-refractivity contribution in [3.05, 3.63) is 70.2 Å². The fraction of sp³-hybridized carbons (Fsp3) is 0.455. The van der Waals surface area contributed by atoms with Gasteiger partial charge in [0.15, 0.2) is 8.32 Å². The number of halogens is 3. The highest BCUT2D eigenvalue weighted by atomic mass is 35.5. The van der Waals surface area contributed by atoms with E-state index >= 15 is 0 Å². The van der Waals surface area contributed by atoms with Crippen molar-refractivity contribution in [1.29, 1.82) is 0 Å². The minimum absolute atomic E-state index is 0.0800. The molecule has 0 saturated carbocycles. The fourth-order valence-electron chi connectivity index (χ4n) is 3.56. The summed E-state index contributed by atoms with van der Waals surface area (Å²) in [4.78, 5) is 0. The van der Waals surface area contributed by atoms with Crippen molar-refractivity contribution in [2.24, 2.45) is 0 Å². The van der Waals surface area contributed by atoms with Crippen LogP contribution in [0.25, 0.3) is 0 Å². The molecule has 0 aliphatic carbocycles. The molecular weight excluding hydrogens is 382 g/mol. The Morgan fingerprint density at radius 1 is 0.963 bits per heavy atom. The van der Waals surface area contributed by atoms with Crippen LogP contribution in [0.1, 0.15) is 50.8 Å². The van der Waals surface area contributed by atoms with Gasteiger partial charge in [-0.25, -0.2) is 8.78 Å². The predicted octanol–water partition coefficient (Wildman–Crippen LogP) is 7.70. The minimum Gasteiger partial charge on any atom is -0.410 e. The van der Waals surface area contributed by atoms with E-state index in [1.165, 1.54) is 12.1 Å². The van der Waals surface area contributed by atoms with Crippen molar-refractivity contribution < 1.29 is 13.2 Å². The highest BCUT2D eigenvalue weighted by molar-refractivity contribution is 6.73. The van der Waals surface area contributed by atoms with Crippen LogP contribution in [-0.2, 0) is 10.8 Å². The van der Waals surface area contributed by atoms with Crippen LogP contribution in [0, 0.1) is 11.6 Å². The Morgan fingerprint density at radius 2 is 1.56 bits per heavy atom. The third-order valence-corrected chi connectivity index (χ3v) is 10.4. The van der Waals surface area contributed by atoms with Crippen molar-refractivity contribution in [3.63, 3.8) is 0 Å². The van der Waals surface area contributed by atoms with E-state index in [9.17, 15) is 8.78 Å². The molecule has 0 spiro atoms. The Balaban J connectivity index is 2.16. The van der Waals surface area contributed by atoms with E-state index in [0.29, 0.717) is 17.0 Å². The monoisotopic (exact) mass is 410 g/mol. The number of benzene rings is 2. The van der Waals surface area contributed by atoms with E-state index in [1.807, 2.05) is 24.3 Å². The lowest BCUT2D eigenvalue weighted by atomic mass is 10.0. The minimum atomic E-state index is -1.81. The van der Waals surface area contributed by atoms with Crippen LogP contribution in [0.4, 0.5) is 8.78 Å². The van der Waals surface area contributed by atoms with E-state index in [1.54, 1.807) is 0 Å². The van der Waals surface area contributed by atoms with Crippen LogP contribution >= 0.6 is 11.6 Å². The van der Waals surface area contributed by atoms with Crippen LogP contribution in [0.3, 0.4) is 0 Å². The van der Waals surface area contributed by atoms with E-state index in [4.69, 9.17) is 16.0 Å². The van der Waals surface area contributed by atoms with Crippen molar-refractivity contribution in [3.8, 4) is 0 Å². The zero-order valence-corrected chi connectivity index (χ0v) is 18.2. The highest BCUT2D eigenvalue weighted by Crippen LogP contribution is 2.35. The number of hydrogen-bond acceptors (Lipinski definition) is 1. The summed E-state index contributed by atoms with van der Waals surface area (Å²) in [7, 11) is -1.81. The van der Waals surface area contributed by atoms with Crippen LogP contribution in [0.5, 0.6) is 0 Å². The Hall–Kier alpha value is -1.23. The van der Waals surface area contributed by atoms with E-state index < -0.39 is 20.0 Å². The number of aryl methyl sites for hydroxylation is 1. The van der Waals surface area contributed by atoms with Gasteiger partial charge in [0.05, 0.1) is 6.10 Å². The molecule has 0 radical (unpaired) electrons. The van der Waals surface area contributed by atoms with Gasteiger partial charge in [0.2, 0.25) is 0 Å². The molecule has 0 heterocycles. The SMILES string of the molecule is CC[Si](CC)(CC)OC(CCCc1cc(F)cc(F)c1)c1ccccc1Cl. The van der Waals surface area contributed by atoms with E-state index in [-0.39, 0.29) is 6.10 Å². The molecule has 0 amide bonds. The maximum atomic E-state index is 13.4. The van der Waals surface area contributed by atoms with Gasteiger partial charge < -0.3 is 4.43 Å². The van der Waals surface area contributed by atoms with Gasteiger partial charge >= 0.3 is 0 Å². The van der Waals surface area contributed by atoms with Gasteiger partial charge in [-0.05, 0) is 66.7 Å². The molecule has 2 aromatic carbocycles. The summed E-state index contributed by atoms with van der Waals surface area (Å²) < 4.78 is 33.6. The molecule has 0 saturated heterocycles. The van der Waals surface area contributed by atoms with Crippen molar-refractivity contribution in [1.82, 2.24) is 0 Å². The number of rotatable bonds is 10. The molecule has 1 nitrogen and oxygen atoms in total. The summed E-state index contributed by atoms with van der Waals surface area (Å²) in [6.07, 6.45) is 2.08. The largest absolute Gasteiger partial charge is 0.410 e. The fourth-order valence-corrected chi connectivity index (χ4v) is 6.67. The van der Waals surface area contributed by atoms with Crippen molar-refractivity contribution >= 4 is 19.9 Å². The molecule has 0 N–H and O–H groups in total. The lowest BCUT2D eigenvalue weighted by Gasteiger charge is -2.34. The van der Waals surface area contributed by atoms with E-state index in [2.05, 4.69) is 20.8 Å². The van der Waals surface area contributed by atoms with Gasteiger partial charge in [-0.15, -0.1) is 0 Å². The quantitative estimate of drug-likeness (QED) is 0.364. The first-order valence-corrected chi connectivity index (χ1v) is 12.7. The summed E-state index contributed by atoms with van der Waals surface area (Å²) in [5.41, 5.74) is 1.69. The molecule has 0 aromatic heterocycles. The van der Waals surface area contributed by atoms with Gasteiger partial charge in [0.1, 0.15) is 11.6 Å². The maximum absolute atomic E-state index is 13.4. The molecule has 2 aromatic rings. The van der Waals surface area contributed by atoms with Crippen molar-refractivity contribution in [2.75, 3.05) is 0 Å². The molecular formula is C22H29ClF2OSi. The van der Waals surface area contributed by atoms with Gasteiger partial charge in [-0.3, -0.25) is 0 Å². The molecule has 2 rings (SSSR count). The molecule has 1 atom stereocenters. The Bertz CT molecular complexity index is 705. The molecule has 27 heavy (non-hydrogen) atoms. The van der Waals surface area contributed by atoms with Crippen molar-refractivity contribution in [2.45, 2.75) is 64.3 Å². The zero-order chi connectivity index (χ0) is 19.9. The zero-order valence-electron chi connectivity index (χ0n) is 16.4. The standard InChI is InChI=1S/C22H29ClF2OSi/c1-4-27(5-2,6-3)26-22(20-11-7-8-12-21(20)23)13-9-10-17-14-18(24)16-19(25)15-17/h7-8,11-12,14-16,22H,4-6,9-10,13H2,1-3H3. The smallest absolute Gasteiger partial charge is 0.192 e. The summed E-state index contributed by atoms with van der Waals surface area (Å²) >= 11 is 6.45. The van der Waals surface area contributed by atoms with Gasteiger partial charge in [-0.1, -0.05) is 50.6 Å². The molecule has 0 aliphatic rings. The molecule has 5 heteroatoms. The van der Waals surface area contributed by atoms with Crippen LogP contribution in [-0.4, -0.2) is 8.32 Å². The summed E-state index contributed by atoms with van der Waals surface area (Å²) in [5.74, 6) is -1.06. The Kier molecular flexibility index (Phi) is 8.46. The molecule has 148 valence electrons. The predicted molar refractivity (Wildman–Crippen MR) is 112 cm³/mol. The summed E-state index contributed by atoms with van der Waals surface area (Å²) in [5, 5.41) is 0.713. The first-order chi connectivity index (χ1) is 12.9. The summed E-state index contributed by atoms with van der Waals surface area (Å²) in [6.45, 7) is 6.62. The van der Waals surface area contributed by atoms with Gasteiger partial charge in [0.25, 0.3) is 0 Å². The molecule has 1 unspecified atom stereocenters. The maximum Gasteiger partial charge on any atom is 0.192 e. The first kappa shape index (κ1) is 22.1. The second-order valence-corrected chi connectivity index (χ2v) is 12.2. The molecule has 0 bridgehead atoms. The first-order valence-electron chi connectivity index (χ1n) is 9.80. The Labute approximate surface area is 167 Å². The number of hydrogen-bond donors (Lipinski definition) is 0. The molecule has 0 fully saturated rings. The topological polar surface area (TPSA) is 9.23 Å². The van der Waals surface area contributed by atoms with Gasteiger partial charge in [0, 0.05) is 11.1 Å². The van der Waals surface area contributed by atoms with E-state index in [0.717, 1.165) is 42.6 Å². The summed E-state index contributed by atoms with van der Waals surface area (Å²) in [6, 6.07) is 14.7. The Morgan fingerprint density at radius 3 is 2.11 bits per heavy atom. The third kappa shape index (κ3) is 6.13.